The highest BCUT2D eigenvalue weighted by molar-refractivity contribution is 9.10. The average molecular weight is 371 g/mol. The summed E-state index contributed by atoms with van der Waals surface area (Å²) in [5.41, 5.74) is 4.34. The summed E-state index contributed by atoms with van der Waals surface area (Å²) in [4.78, 5) is 0. The summed E-state index contributed by atoms with van der Waals surface area (Å²) < 4.78 is 14.1. The van der Waals surface area contributed by atoms with Crippen molar-refractivity contribution < 1.29 is 4.39 Å². The zero-order valence-electron chi connectivity index (χ0n) is 12.3. The molecule has 1 N–H and O–H groups in total. The molecule has 112 valence electrons. The highest BCUT2D eigenvalue weighted by Crippen LogP contribution is 2.34. The molecular formula is C17H18BrClFN. The predicted octanol–water partition coefficient (Wildman–Crippen LogP) is 5.56. The maximum Gasteiger partial charge on any atom is 0.124 e. The third-order valence-electron chi connectivity index (χ3n) is 3.61. The van der Waals surface area contributed by atoms with E-state index in [0.29, 0.717) is 0 Å². The molecule has 2 aromatic rings. The summed E-state index contributed by atoms with van der Waals surface area (Å²) in [6.07, 6.45) is 0. The van der Waals surface area contributed by atoms with E-state index in [-0.39, 0.29) is 11.9 Å². The van der Waals surface area contributed by atoms with Crippen LogP contribution in [0.3, 0.4) is 0 Å². The third kappa shape index (κ3) is 3.65. The second-order valence-corrected chi connectivity index (χ2v) is 6.38. The van der Waals surface area contributed by atoms with Crippen LogP contribution in [0.2, 0.25) is 5.02 Å². The van der Waals surface area contributed by atoms with Crippen molar-refractivity contribution in [3.63, 3.8) is 0 Å². The molecule has 1 unspecified atom stereocenters. The molecule has 0 saturated heterocycles. The first kappa shape index (κ1) is 16.5. The molecule has 1 nitrogen and oxygen atoms in total. The fourth-order valence-electron chi connectivity index (χ4n) is 2.35. The summed E-state index contributed by atoms with van der Waals surface area (Å²) in [5, 5.41) is 4.15. The maximum absolute atomic E-state index is 13.3. The molecular weight excluding hydrogens is 353 g/mol. The third-order valence-corrected chi connectivity index (χ3v) is 4.62. The second-order valence-electron chi connectivity index (χ2n) is 5.11. The molecule has 0 aliphatic heterocycles. The molecule has 0 saturated carbocycles. The van der Waals surface area contributed by atoms with Gasteiger partial charge in [0, 0.05) is 9.50 Å². The molecule has 0 spiro atoms. The van der Waals surface area contributed by atoms with Gasteiger partial charge in [-0.15, -0.1) is 0 Å². The van der Waals surface area contributed by atoms with E-state index >= 15 is 0 Å². The molecule has 0 amide bonds. The summed E-state index contributed by atoms with van der Waals surface area (Å²) >= 11 is 9.89. The fraction of sp³-hybridized carbons (Fsp3) is 0.294. The molecule has 2 aromatic carbocycles. The van der Waals surface area contributed by atoms with E-state index < -0.39 is 0 Å². The highest BCUT2D eigenvalue weighted by Gasteiger charge is 2.19. The molecule has 0 aromatic heterocycles. The number of halogens is 3. The zero-order chi connectivity index (χ0) is 15.6. The lowest BCUT2D eigenvalue weighted by Crippen LogP contribution is -2.23. The van der Waals surface area contributed by atoms with Crippen molar-refractivity contribution in [2.45, 2.75) is 26.8 Å². The van der Waals surface area contributed by atoms with Crippen LogP contribution in [0, 0.1) is 19.7 Å². The largest absolute Gasteiger partial charge is 0.306 e. The quantitative estimate of drug-likeness (QED) is 0.743. The Balaban J connectivity index is 2.55. The summed E-state index contributed by atoms with van der Waals surface area (Å²) in [5.74, 6) is -0.257. The van der Waals surface area contributed by atoms with Crippen LogP contribution in [-0.2, 0) is 0 Å². The number of benzene rings is 2. The summed E-state index contributed by atoms with van der Waals surface area (Å²) in [6, 6.07) is 8.75. The SMILES string of the molecule is CCNC(c1cc(C)c(C)cc1Cl)c1ccc(F)cc1Br. The molecule has 4 heteroatoms. The molecule has 0 aliphatic carbocycles. The van der Waals surface area contributed by atoms with Crippen molar-refractivity contribution in [3.8, 4) is 0 Å². The maximum atomic E-state index is 13.3. The van der Waals surface area contributed by atoms with Crippen molar-refractivity contribution in [2.24, 2.45) is 0 Å². The van der Waals surface area contributed by atoms with Crippen molar-refractivity contribution >= 4 is 27.5 Å². The van der Waals surface area contributed by atoms with E-state index in [4.69, 9.17) is 11.6 Å². The Bertz CT molecular complexity index is 657. The Morgan fingerprint density at radius 2 is 1.81 bits per heavy atom. The molecule has 2 rings (SSSR count). The van der Waals surface area contributed by atoms with E-state index in [1.807, 2.05) is 19.9 Å². The fourth-order valence-corrected chi connectivity index (χ4v) is 3.26. The smallest absolute Gasteiger partial charge is 0.124 e. The van der Waals surface area contributed by atoms with Crippen molar-refractivity contribution in [2.75, 3.05) is 6.54 Å². The lowest BCUT2D eigenvalue weighted by atomic mass is 9.95. The molecule has 1 atom stereocenters. The molecule has 0 radical (unpaired) electrons. The lowest BCUT2D eigenvalue weighted by Gasteiger charge is -2.22. The van der Waals surface area contributed by atoms with Gasteiger partial charge in [-0.05, 0) is 60.8 Å². The molecule has 0 heterocycles. The van der Waals surface area contributed by atoms with Gasteiger partial charge in [-0.2, -0.15) is 0 Å². The zero-order valence-corrected chi connectivity index (χ0v) is 14.6. The van der Waals surface area contributed by atoms with E-state index in [1.165, 1.54) is 17.7 Å². The Labute approximate surface area is 138 Å². The van der Waals surface area contributed by atoms with Gasteiger partial charge >= 0.3 is 0 Å². The van der Waals surface area contributed by atoms with Crippen LogP contribution in [0.4, 0.5) is 4.39 Å². The van der Waals surface area contributed by atoms with Crippen LogP contribution < -0.4 is 5.32 Å². The standard InChI is InChI=1S/C17H18BrClFN/c1-4-21-17(13-6-5-12(20)9-15(13)18)14-7-10(2)11(3)8-16(14)19/h5-9,17,21H,4H2,1-3H3. The molecule has 0 aliphatic rings. The Morgan fingerprint density at radius 3 is 2.43 bits per heavy atom. The van der Waals surface area contributed by atoms with Gasteiger partial charge in [-0.1, -0.05) is 46.6 Å². The summed E-state index contributed by atoms with van der Waals surface area (Å²) in [6.45, 7) is 6.94. The van der Waals surface area contributed by atoms with Gasteiger partial charge < -0.3 is 5.32 Å². The van der Waals surface area contributed by atoms with E-state index in [9.17, 15) is 4.39 Å². The molecule has 0 bridgehead atoms. The Hall–Kier alpha value is -0.900. The van der Waals surface area contributed by atoms with Gasteiger partial charge in [-0.25, -0.2) is 4.39 Å². The number of hydrogen-bond acceptors (Lipinski definition) is 1. The van der Waals surface area contributed by atoms with Gasteiger partial charge in [-0.3, -0.25) is 0 Å². The minimum Gasteiger partial charge on any atom is -0.306 e. The van der Waals surface area contributed by atoms with Crippen LogP contribution in [-0.4, -0.2) is 6.54 Å². The first-order valence-electron chi connectivity index (χ1n) is 6.89. The van der Waals surface area contributed by atoms with Crippen molar-refractivity contribution in [3.05, 3.63) is 67.9 Å². The van der Waals surface area contributed by atoms with Crippen LogP contribution in [0.1, 0.15) is 35.2 Å². The Kier molecular flexibility index (Phi) is 5.42. The minimum atomic E-state index is -0.257. The first-order chi connectivity index (χ1) is 9.93. The topological polar surface area (TPSA) is 12.0 Å². The van der Waals surface area contributed by atoms with Crippen molar-refractivity contribution in [1.29, 1.82) is 0 Å². The van der Waals surface area contributed by atoms with Crippen LogP contribution in [0.25, 0.3) is 0 Å². The Morgan fingerprint density at radius 1 is 1.14 bits per heavy atom. The van der Waals surface area contributed by atoms with E-state index in [0.717, 1.165) is 32.7 Å². The number of aryl methyl sites for hydroxylation is 2. The average Bonchev–Trinajstić information content (AvgIpc) is 2.41. The van der Waals surface area contributed by atoms with Gasteiger partial charge in [0.15, 0.2) is 0 Å². The first-order valence-corrected chi connectivity index (χ1v) is 8.06. The van der Waals surface area contributed by atoms with Crippen LogP contribution in [0.15, 0.2) is 34.8 Å². The lowest BCUT2D eigenvalue weighted by molar-refractivity contribution is 0.611. The predicted molar refractivity (Wildman–Crippen MR) is 90.5 cm³/mol. The number of hydrogen-bond donors (Lipinski definition) is 1. The highest BCUT2D eigenvalue weighted by atomic mass is 79.9. The second kappa shape index (κ2) is 6.91. The van der Waals surface area contributed by atoms with Crippen LogP contribution in [0.5, 0.6) is 0 Å². The molecule has 21 heavy (non-hydrogen) atoms. The van der Waals surface area contributed by atoms with E-state index in [1.54, 1.807) is 6.07 Å². The number of nitrogens with one attached hydrogen (secondary N) is 1. The number of rotatable bonds is 4. The van der Waals surface area contributed by atoms with E-state index in [2.05, 4.69) is 34.2 Å². The minimum absolute atomic E-state index is 0.0724. The van der Waals surface area contributed by atoms with Crippen molar-refractivity contribution in [1.82, 2.24) is 5.32 Å². The van der Waals surface area contributed by atoms with Gasteiger partial charge in [0.25, 0.3) is 0 Å². The van der Waals surface area contributed by atoms with Gasteiger partial charge in [0.05, 0.1) is 6.04 Å². The van der Waals surface area contributed by atoms with Crippen LogP contribution >= 0.6 is 27.5 Å². The molecule has 0 fully saturated rings. The van der Waals surface area contributed by atoms with Gasteiger partial charge in [0.1, 0.15) is 5.82 Å². The summed E-state index contributed by atoms with van der Waals surface area (Å²) in [7, 11) is 0. The monoisotopic (exact) mass is 369 g/mol. The normalized spacial score (nSPS) is 12.5. The van der Waals surface area contributed by atoms with Gasteiger partial charge in [0.2, 0.25) is 0 Å².